The van der Waals surface area contributed by atoms with E-state index in [4.69, 9.17) is 4.74 Å². The first-order chi connectivity index (χ1) is 9.81. The van der Waals surface area contributed by atoms with Crippen LogP contribution in [0.1, 0.15) is 25.7 Å². The second kappa shape index (κ2) is 6.06. The quantitative estimate of drug-likeness (QED) is 0.928. The maximum atomic E-state index is 9.66. The molecule has 1 aliphatic carbocycles. The third-order valence-electron chi connectivity index (χ3n) is 3.77. The van der Waals surface area contributed by atoms with E-state index >= 15 is 0 Å². The van der Waals surface area contributed by atoms with Gasteiger partial charge in [0.05, 0.1) is 6.10 Å². The van der Waals surface area contributed by atoms with Crippen molar-refractivity contribution >= 4 is 0 Å². The Labute approximate surface area is 119 Å². The predicted molar refractivity (Wildman–Crippen MR) is 78.6 cm³/mol. The molecule has 3 rings (SSSR count). The molecule has 2 atom stereocenters. The van der Waals surface area contributed by atoms with Crippen molar-refractivity contribution in [3.05, 3.63) is 48.8 Å². The number of pyridine rings is 1. The molecular weight excluding hydrogens is 250 g/mol. The van der Waals surface area contributed by atoms with Crippen molar-refractivity contribution < 1.29 is 9.84 Å². The van der Waals surface area contributed by atoms with E-state index in [0.717, 1.165) is 42.6 Å². The van der Waals surface area contributed by atoms with Crippen LogP contribution in [-0.2, 0) is 0 Å². The highest BCUT2D eigenvalue weighted by Gasteiger charge is 2.21. The number of benzene rings is 1. The summed E-state index contributed by atoms with van der Waals surface area (Å²) in [7, 11) is 0. The van der Waals surface area contributed by atoms with Crippen molar-refractivity contribution in [3.8, 4) is 16.9 Å². The molecule has 104 valence electrons. The van der Waals surface area contributed by atoms with Gasteiger partial charge in [-0.05, 0) is 54.7 Å². The normalized spacial score (nSPS) is 22.4. The molecule has 0 aliphatic heterocycles. The number of nitrogens with zero attached hydrogens (tertiary/aromatic N) is 1. The fraction of sp³-hybridized carbons (Fsp3) is 0.353. The summed E-state index contributed by atoms with van der Waals surface area (Å²) in [6.45, 7) is 0. The van der Waals surface area contributed by atoms with Crippen LogP contribution in [0.4, 0.5) is 0 Å². The summed E-state index contributed by atoms with van der Waals surface area (Å²) in [5, 5.41) is 9.66. The number of hydrogen-bond donors (Lipinski definition) is 1. The summed E-state index contributed by atoms with van der Waals surface area (Å²) in [5.74, 6) is 0.877. The van der Waals surface area contributed by atoms with Gasteiger partial charge in [0.1, 0.15) is 11.9 Å². The second-order valence-corrected chi connectivity index (χ2v) is 5.32. The Morgan fingerprint density at radius 1 is 0.950 bits per heavy atom. The smallest absolute Gasteiger partial charge is 0.119 e. The van der Waals surface area contributed by atoms with Crippen LogP contribution in [-0.4, -0.2) is 22.3 Å². The van der Waals surface area contributed by atoms with Gasteiger partial charge in [0.15, 0.2) is 0 Å². The lowest BCUT2D eigenvalue weighted by atomic mass is 9.95. The molecule has 1 fully saturated rings. The number of aliphatic hydroxyl groups excluding tert-OH is 1. The van der Waals surface area contributed by atoms with Gasteiger partial charge >= 0.3 is 0 Å². The molecule has 1 N–H and O–H groups in total. The molecule has 1 aliphatic rings. The lowest BCUT2D eigenvalue weighted by Gasteiger charge is -2.26. The van der Waals surface area contributed by atoms with Gasteiger partial charge in [-0.2, -0.15) is 0 Å². The Morgan fingerprint density at radius 3 is 2.35 bits per heavy atom. The van der Waals surface area contributed by atoms with E-state index in [1.54, 1.807) is 12.4 Å². The van der Waals surface area contributed by atoms with Crippen LogP contribution in [0.25, 0.3) is 11.1 Å². The summed E-state index contributed by atoms with van der Waals surface area (Å²) in [4.78, 5) is 4.02. The number of aromatic nitrogens is 1. The third-order valence-corrected chi connectivity index (χ3v) is 3.77. The van der Waals surface area contributed by atoms with Crippen molar-refractivity contribution in [1.82, 2.24) is 4.98 Å². The maximum Gasteiger partial charge on any atom is 0.119 e. The highest BCUT2D eigenvalue weighted by Crippen LogP contribution is 2.26. The molecule has 0 spiro atoms. The standard InChI is InChI=1S/C17H19NO2/c19-15-2-1-3-17(12-15)20-16-6-4-13(5-7-16)14-8-10-18-11-9-14/h4-11,15,17,19H,1-3,12H2. The largest absolute Gasteiger partial charge is 0.490 e. The average Bonchev–Trinajstić information content (AvgIpc) is 2.49. The fourth-order valence-electron chi connectivity index (χ4n) is 2.69. The predicted octanol–water partition coefficient (Wildman–Crippen LogP) is 3.43. The summed E-state index contributed by atoms with van der Waals surface area (Å²) in [6.07, 6.45) is 7.25. The van der Waals surface area contributed by atoms with E-state index in [2.05, 4.69) is 17.1 Å². The highest BCUT2D eigenvalue weighted by molar-refractivity contribution is 5.63. The Bertz CT molecular complexity index is 539. The van der Waals surface area contributed by atoms with Gasteiger partial charge in [0, 0.05) is 18.8 Å². The molecule has 1 saturated carbocycles. The Hall–Kier alpha value is -1.87. The van der Waals surface area contributed by atoms with E-state index in [1.807, 2.05) is 24.3 Å². The molecule has 2 aromatic rings. The molecule has 0 amide bonds. The van der Waals surface area contributed by atoms with Gasteiger partial charge in [0.2, 0.25) is 0 Å². The number of ether oxygens (including phenoxy) is 1. The van der Waals surface area contributed by atoms with Crippen molar-refractivity contribution in [2.45, 2.75) is 37.9 Å². The lowest BCUT2D eigenvalue weighted by molar-refractivity contribution is 0.0536. The number of rotatable bonds is 3. The highest BCUT2D eigenvalue weighted by atomic mass is 16.5. The molecule has 0 saturated heterocycles. The zero-order valence-corrected chi connectivity index (χ0v) is 11.4. The molecule has 3 heteroatoms. The van der Waals surface area contributed by atoms with Crippen LogP contribution in [0.5, 0.6) is 5.75 Å². The minimum Gasteiger partial charge on any atom is -0.490 e. The third kappa shape index (κ3) is 3.17. The Balaban J connectivity index is 1.67. The van der Waals surface area contributed by atoms with E-state index in [0.29, 0.717) is 0 Å². The van der Waals surface area contributed by atoms with Gasteiger partial charge in [0.25, 0.3) is 0 Å². The van der Waals surface area contributed by atoms with Crippen molar-refractivity contribution in [1.29, 1.82) is 0 Å². The van der Waals surface area contributed by atoms with Crippen LogP contribution in [0.2, 0.25) is 0 Å². The van der Waals surface area contributed by atoms with Crippen molar-refractivity contribution in [2.75, 3.05) is 0 Å². The molecule has 0 radical (unpaired) electrons. The van der Waals surface area contributed by atoms with Crippen molar-refractivity contribution in [3.63, 3.8) is 0 Å². The zero-order chi connectivity index (χ0) is 13.8. The van der Waals surface area contributed by atoms with Gasteiger partial charge in [-0.15, -0.1) is 0 Å². The van der Waals surface area contributed by atoms with E-state index < -0.39 is 0 Å². The first kappa shape index (κ1) is 13.1. The minimum absolute atomic E-state index is 0.144. The lowest BCUT2D eigenvalue weighted by Crippen LogP contribution is -2.28. The zero-order valence-electron chi connectivity index (χ0n) is 11.4. The van der Waals surface area contributed by atoms with E-state index in [9.17, 15) is 5.11 Å². The molecule has 0 bridgehead atoms. The SMILES string of the molecule is OC1CCCC(Oc2ccc(-c3ccncc3)cc2)C1. The van der Waals surface area contributed by atoms with Crippen LogP contribution in [0.3, 0.4) is 0 Å². The fourth-order valence-corrected chi connectivity index (χ4v) is 2.69. The van der Waals surface area contributed by atoms with Gasteiger partial charge in [-0.1, -0.05) is 12.1 Å². The van der Waals surface area contributed by atoms with Gasteiger partial charge in [-0.3, -0.25) is 4.98 Å². The Morgan fingerprint density at radius 2 is 1.65 bits per heavy atom. The van der Waals surface area contributed by atoms with Crippen LogP contribution < -0.4 is 4.74 Å². The number of aliphatic hydroxyl groups is 1. The summed E-state index contributed by atoms with van der Waals surface area (Å²) >= 11 is 0. The minimum atomic E-state index is -0.204. The summed E-state index contributed by atoms with van der Waals surface area (Å²) in [6, 6.07) is 12.1. The Kier molecular flexibility index (Phi) is 3.97. The van der Waals surface area contributed by atoms with Gasteiger partial charge in [-0.25, -0.2) is 0 Å². The molecule has 1 heterocycles. The second-order valence-electron chi connectivity index (χ2n) is 5.32. The maximum absolute atomic E-state index is 9.66. The van der Waals surface area contributed by atoms with Gasteiger partial charge < -0.3 is 9.84 Å². The molecule has 20 heavy (non-hydrogen) atoms. The van der Waals surface area contributed by atoms with Crippen LogP contribution >= 0.6 is 0 Å². The first-order valence-corrected chi connectivity index (χ1v) is 7.16. The first-order valence-electron chi connectivity index (χ1n) is 7.16. The number of hydrogen-bond acceptors (Lipinski definition) is 3. The topological polar surface area (TPSA) is 42.4 Å². The molecular formula is C17H19NO2. The summed E-state index contributed by atoms with van der Waals surface area (Å²) in [5.41, 5.74) is 2.31. The van der Waals surface area contributed by atoms with Crippen molar-refractivity contribution in [2.24, 2.45) is 0 Å². The van der Waals surface area contributed by atoms with E-state index in [-0.39, 0.29) is 12.2 Å². The van der Waals surface area contributed by atoms with E-state index in [1.165, 1.54) is 0 Å². The van der Waals surface area contributed by atoms with Crippen LogP contribution in [0.15, 0.2) is 48.8 Å². The molecule has 1 aromatic heterocycles. The molecule has 2 unspecified atom stereocenters. The monoisotopic (exact) mass is 269 g/mol. The summed E-state index contributed by atoms with van der Waals surface area (Å²) < 4.78 is 5.94. The molecule has 1 aromatic carbocycles. The van der Waals surface area contributed by atoms with Crippen LogP contribution in [0, 0.1) is 0 Å². The molecule has 3 nitrogen and oxygen atoms in total. The average molecular weight is 269 g/mol.